The molecule has 0 N–H and O–H groups in total. The van der Waals surface area contributed by atoms with Crippen LogP contribution in [0.1, 0.15) is 0 Å². The number of rotatable bonds is 2. The van der Waals surface area contributed by atoms with E-state index in [0.29, 0.717) is 0 Å². The van der Waals surface area contributed by atoms with Crippen LogP contribution in [0.2, 0.25) is 0 Å². The fraction of sp³-hybridized carbons (Fsp3) is 1.00. The molecule has 1 radical (unpaired) electrons. The van der Waals surface area contributed by atoms with Gasteiger partial charge in [0.05, 0.1) is 0 Å². The van der Waals surface area contributed by atoms with E-state index in [2.05, 4.69) is 4.10 Å². The molecular weight excluding hydrogens is 89.9 g/mol. The highest BCUT2D eigenvalue weighted by Gasteiger charge is 1.79. The van der Waals surface area contributed by atoms with Crippen LogP contribution in [-0.2, 0) is 4.10 Å². The van der Waals surface area contributed by atoms with Crippen molar-refractivity contribution in [3.05, 3.63) is 0 Å². The molecular formula is CH3BFOS. The minimum absolute atomic E-state index is 0.144. The quantitative estimate of drug-likeness (QED) is 0.368. The Balaban J connectivity index is 2.19. The van der Waals surface area contributed by atoms with Crippen molar-refractivity contribution < 1.29 is 8.42 Å². The lowest BCUT2D eigenvalue weighted by Gasteiger charge is -1.78. The van der Waals surface area contributed by atoms with Crippen LogP contribution in [0.4, 0.5) is 4.32 Å². The number of hydrogen-bond donors (Lipinski definition) is 0. The minimum Gasteiger partial charge on any atom is -0.342 e. The van der Waals surface area contributed by atoms with E-state index in [-0.39, 0.29) is 7.76 Å². The monoisotopic (exact) mass is 93.0 g/mol. The van der Waals surface area contributed by atoms with Crippen LogP contribution in [-0.4, -0.2) is 14.0 Å². The van der Waals surface area contributed by atoms with Gasteiger partial charge in [0.25, 0.3) is 0 Å². The molecule has 0 unspecified atom stereocenters. The molecule has 0 spiro atoms. The molecule has 0 aromatic heterocycles. The van der Waals surface area contributed by atoms with Crippen molar-refractivity contribution >= 4 is 19.8 Å². The smallest absolute Gasteiger partial charge is 0.342 e. The zero-order valence-corrected chi connectivity index (χ0v) is 3.59. The zero-order valence-electron chi connectivity index (χ0n) is 2.77. The molecule has 0 saturated heterocycles. The van der Waals surface area contributed by atoms with Crippen molar-refractivity contribution in [2.45, 2.75) is 0 Å². The second-order valence-corrected chi connectivity index (χ2v) is 0.878. The Hall–Kier alpha value is 0.305. The van der Waals surface area contributed by atoms with E-state index >= 15 is 0 Å². The standard InChI is InChI=1S/CH3BFOS/c1-5-4-2-3/h1H3. The van der Waals surface area contributed by atoms with Crippen LogP contribution < -0.4 is 0 Å². The van der Waals surface area contributed by atoms with Gasteiger partial charge < -0.3 is 4.10 Å². The average Bonchev–Trinajstić information content (AvgIpc) is 1.41. The Morgan fingerprint density at radius 3 is 2.60 bits per heavy atom. The molecule has 0 rings (SSSR count). The van der Waals surface area contributed by atoms with Crippen molar-refractivity contribution in [1.29, 1.82) is 0 Å². The lowest BCUT2D eigenvalue weighted by Crippen LogP contribution is -1.75. The molecule has 0 aliphatic carbocycles. The van der Waals surface area contributed by atoms with Gasteiger partial charge in [-0.15, -0.1) is 0 Å². The summed E-state index contributed by atoms with van der Waals surface area (Å²) in [4.78, 5) is 0. The highest BCUT2D eigenvalue weighted by molar-refractivity contribution is 7.94. The van der Waals surface area contributed by atoms with Crippen LogP contribution in [0.3, 0.4) is 0 Å². The minimum atomic E-state index is 0.144. The molecule has 5 heavy (non-hydrogen) atoms. The Morgan fingerprint density at radius 2 is 2.60 bits per heavy atom. The summed E-state index contributed by atoms with van der Waals surface area (Å²) < 4.78 is 14.6. The van der Waals surface area contributed by atoms with E-state index in [4.69, 9.17) is 0 Å². The third kappa shape index (κ3) is 4.30. The Kier molecular flexibility index (Phi) is 4.57. The number of halogens is 1. The van der Waals surface area contributed by atoms with Crippen molar-refractivity contribution in [2.75, 3.05) is 6.26 Å². The topological polar surface area (TPSA) is 9.23 Å². The predicted octanol–water partition coefficient (Wildman–Crippen LogP) is 0.785. The summed E-state index contributed by atoms with van der Waals surface area (Å²) in [5, 5.41) is 0. The molecule has 0 aromatic carbocycles. The first-order valence-corrected chi connectivity index (χ1v) is 2.18. The lowest BCUT2D eigenvalue weighted by molar-refractivity contribution is 0.613. The van der Waals surface area contributed by atoms with Gasteiger partial charge in [0.15, 0.2) is 0 Å². The van der Waals surface area contributed by atoms with Gasteiger partial charge in [-0.25, -0.2) is 0 Å². The first-order valence-electron chi connectivity index (χ1n) is 1.03. The summed E-state index contributed by atoms with van der Waals surface area (Å²) >= 11 is 0.971. The molecule has 0 bridgehead atoms. The summed E-state index contributed by atoms with van der Waals surface area (Å²) in [7, 11) is 0.144. The van der Waals surface area contributed by atoms with Crippen LogP contribution in [0.25, 0.3) is 0 Å². The largest absolute Gasteiger partial charge is 0.547 e. The van der Waals surface area contributed by atoms with E-state index in [0.717, 1.165) is 12.0 Å². The predicted molar refractivity (Wildman–Crippen MR) is 21.5 cm³/mol. The second-order valence-electron chi connectivity index (χ2n) is 0.352. The highest BCUT2D eigenvalue weighted by atomic mass is 32.2. The van der Waals surface area contributed by atoms with Crippen molar-refractivity contribution in [2.24, 2.45) is 0 Å². The van der Waals surface area contributed by atoms with E-state index in [9.17, 15) is 4.32 Å². The summed E-state index contributed by atoms with van der Waals surface area (Å²) in [5.41, 5.74) is 0. The van der Waals surface area contributed by atoms with Gasteiger partial charge in [0.1, 0.15) is 0 Å². The van der Waals surface area contributed by atoms with E-state index in [1.165, 1.54) is 0 Å². The second kappa shape index (κ2) is 4.30. The van der Waals surface area contributed by atoms with E-state index in [1.54, 1.807) is 6.26 Å². The van der Waals surface area contributed by atoms with Gasteiger partial charge in [-0.1, -0.05) is 0 Å². The van der Waals surface area contributed by atoms with Crippen molar-refractivity contribution in [1.82, 2.24) is 0 Å². The molecule has 4 heteroatoms. The molecule has 1 nitrogen and oxygen atoms in total. The van der Waals surface area contributed by atoms with Crippen molar-refractivity contribution in [3.8, 4) is 0 Å². The van der Waals surface area contributed by atoms with Crippen LogP contribution >= 0.6 is 12.0 Å². The first kappa shape index (κ1) is 5.30. The van der Waals surface area contributed by atoms with Crippen LogP contribution in [0.15, 0.2) is 0 Å². The van der Waals surface area contributed by atoms with Gasteiger partial charge >= 0.3 is 7.76 Å². The molecule has 0 heterocycles. The third-order valence-corrected chi connectivity index (χ3v) is 0.398. The van der Waals surface area contributed by atoms with Gasteiger partial charge in [-0.2, -0.15) is 0 Å². The van der Waals surface area contributed by atoms with Crippen LogP contribution in [0.5, 0.6) is 0 Å². The third-order valence-electron chi connectivity index (χ3n) is 0.133. The van der Waals surface area contributed by atoms with Gasteiger partial charge in [-0.05, 0) is 12.0 Å². The maximum atomic E-state index is 10.6. The molecule has 0 saturated carbocycles. The molecule has 0 aromatic rings. The number of hydrogen-bond acceptors (Lipinski definition) is 2. The van der Waals surface area contributed by atoms with Gasteiger partial charge in [0.2, 0.25) is 0 Å². The summed E-state index contributed by atoms with van der Waals surface area (Å²) in [5.74, 6) is 0. The Labute approximate surface area is 35.4 Å². The summed E-state index contributed by atoms with van der Waals surface area (Å²) in [6.45, 7) is 0. The first-order chi connectivity index (χ1) is 2.41. The highest BCUT2D eigenvalue weighted by Crippen LogP contribution is 1.89. The molecule has 0 aliphatic rings. The molecule has 0 aliphatic heterocycles. The van der Waals surface area contributed by atoms with Gasteiger partial charge in [-0.3, -0.25) is 4.32 Å². The van der Waals surface area contributed by atoms with Crippen LogP contribution in [0, 0.1) is 0 Å². The SMILES string of the molecule is CSO[B]F. The molecule has 29 valence electrons. The Bertz CT molecular complexity index is 19.1. The molecule has 0 fully saturated rings. The Morgan fingerprint density at radius 1 is 2.00 bits per heavy atom. The maximum absolute atomic E-state index is 10.6. The fourth-order valence-corrected chi connectivity index (χ4v) is 0.109. The van der Waals surface area contributed by atoms with E-state index in [1.807, 2.05) is 0 Å². The average molecular weight is 92.9 g/mol. The van der Waals surface area contributed by atoms with Crippen molar-refractivity contribution in [3.63, 3.8) is 0 Å². The zero-order chi connectivity index (χ0) is 4.12. The molecule has 0 amide bonds. The van der Waals surface area contributed by atoms with Gasteiger partial charge in [0, 0.05) is 6.26 Å². The lowest BCUT2D eigenvalue weighted by atomic mass is 10.5. The van der Waals surface area contributed by atoms with E-state index < -0.39 is 0 Å². The summed E-state index contributed by atoms with van der Waals surface area (Å²) in [6.07, 6.45) is 1.64. The molecule has 0 atom stereocenters. The fourth-order valence-electron chi connectivity index (χ4n) is 0.0364. The maximum Gasteiger partial charge on any atom is 0.547 e. The normalized spacial score (nSPS) is 7.60. The summed E-state index contributed by atoms with van der Waals surface area (Å²) in [6, 6.07) is 0.